The standard InChI is InChI=1S/C8H17NO5S/c1-6(5-10)9(15(12)13)7(11)14-8(2,3)4/h6,10H,5H2,1-4H3,(H,12,13)/t6-/m0/s1. The molecule has 0 aromatic heterocycles. The molecule has 0 saturated heterocycles. The predicted octanol–water partition coefficient (Wildman–Crippen LogP) is 0.741. The quantitative estimate of drug-likeness (QED) is 0.709. The van der Waals surface area contributed by atoms with Crippen molar-refractivity contribution in [3.8, 4) is 0 Å². The third-order valence-electron chi connectivity index (χ3n) is 1.41. The van der Waals surface area contributed by atoms with Crippen LogP contribution in [-0.4, -0.2) is 42.5 Å². The Balaban J connectivity index is 4.65. The molecule has 2 N–H and O–H groups in total. The van der Waals surface area contributed by atoms with Crippen molar-refractivity contribution in [3.63, 3.8) is 0 Å². The first-order chi connectivity index (χ1) is 6.69. The Kier molecular flexibility index (Phi) is 5.19. The number of aliphatic hydroxyl groups excluding tert-OH is 1. The summed E-state index contributed by atoms with van der Waals surface area (Å²) in [4.78, 5) is 11.4. The number of nitrogens with zero attached hydrogens (tertiary/aromatic N) is 1. The van der Waals surface area contributed by atoms with Gasteiger partial charge in [-0.2, -0.15) is 4.31 Å². The first-order valence-electron chi connectivity index (χ1n) is 4.43. The molecule has 6 nitrogen and oxygen atoms in total. The third kappa shape index (κ3) is 5.10. The second-order valence-corrected chi connectivity index (χ2v) is 4.92. The minimum Gasteiger partial charge on any atom is -0.443 e. The molecule has 1 amide bonds. The maximum absolute atomic E-state index is 11.4. The van der Waals surface area contributed by atoms with Crippen molar-refractivity contribution in [2.45, 2.75) is 39.3 Å². The highest BCUT2D eigenvalue weighted by Crippen LogP contribution is 2.12. The van der Waals surface area contributed by atoms with Gasteiger partial charge in [0.15, 0.2) is 0 Å². The van der Waals surface area contributed by atoms with E-state index in [-0.39, 0.29) is 0 Å². The maximum Gasteiger partial charge on any atom is 0.424 e. The molecule has 0 bridgehead atoms. The second-order valence-electron chi connectivity index (χ2n) is 4.07. The highest BCUT2D eigenvalue weighted by molar-refractivity contribution is 7.77. The molecule has 0 aliphatic heterocycles. The molecule has 0 rings (SSSR count). The molecule has 15 heavy (non-hydrogen) atoms. The van der Waals surface area contributed by atoms with Crippen LogP contribution in [0.2, 0.25) is 0 Å². The van der Waals surface area contributed by atoms with Crippen LogP contribution in [0.3, 0.4) is 0 Å². The van der Waals surface area contributed by atoms with Crippen LogP contribution in [0.25, 0.3) is 0 Å². The molecule has 1 unspecified atom stereocenters. The number of carbonyl (C=O) groups excluding carboxylic acids is 1. The van der Waals surface area contributed by atoms with Gasteiger partial charge in [-0.1, -0.05) is 0 Å². The van der Waals surface area contributed by atoms with Crippen LogP contribution < -0.4 is 0 Å². The SMILES string of the molecule is C[C@@H](CO)N(C(=O)OC(C)(C)C)S(=O)O. The zero-order valence-electron chi connectivity index (χ0n) is 9.26. The Morgan fingerprint density at radius 3 is 2.27 bits per heavy atom. The van der Waals surface area contributed by atoms with E-state index in [9.17, 15) is 9.00 Å². The second kappa shape index (κ2) is 5.43. The summed E-state index contributed by atoms with van der Waals surface area (Å²) >= 11 is -2.50. The van der Waals surface area contributed by atoms with Gasteiger partial charge in [-0.05, 0) is 27.7 Å². The van der Waals surface area contributed by atoms with Crippen molar-refractivity contribution < 1.29 is 23.4 Å². The van der Waals surface area contributed by atoms with E-state index in [0.717, 1.165) is 0 Å². The minimum absolute atomic E-state index is 0.411. The lowest BCUT2D eigenvalue weighted by Crippen LogP contribution is -2.44. The summed E-state index contributed by atoms with van der Waals surface area (Å²) < 4.78 is 25.2. The molecular formula is C8H17NO5S. The summed E-state index contributed by atoms with van der Waals surface area (Å²) in [6, 6.07) is -0.773. The molecule has 90 valence electrons. The monoisotopic (exact) mass is 239 g/mol. The van der Waals surface area contributed by atoms with Gasteiger partial charge in [0.2, 0.25) is 0 Å². The lowest BCUT2D eigenvalue weighted by Gasteiger charge is -2.27. The average molecular weight is 239 g/mol. The average Bonchev–Trinajstić information content (AvgIpc) is 1.99. The van der Waals surface area contributed by atoms with E-state index in [1.165, 1.54) is 6.92 Å². The largest absolute Gasteiger partial charge is 0.443 e. The van der Waals surface area contributed by atoms with Crippen LogP contribution in [0.1, 0.15) is 27.7 Å². The van der Waals surface area contributed by atoms with Crippen LogP contribution in [-0.2, 0) is 16.0 Å². The van der Waals surface area contributed by atoms with Gasteiger partial charge >= 0.3 is 6.09 Å². The number of ether oxygens (including phenoxy) is 1. The van der Waals surface area contributed by atoms with Gasteiger partial charge in [-0.15, -0.1) is 0 Å². The molecule has 2 atom stereocenters. The molecular weight excluding hydrogens is 222 g/mol. The van der Waals surface area contributed by atoms with Crippen molar-refractivity contribution in [2.75, 3.05) is 6.61 Å². The summed E-state index contributed by atoms with van der Waals surface area (Å²) in [6.45, 7) is 5.97. The highest BCUT2D eigenvalue weighted by atomic mass is 32.2. The number of carbonyl (C=O) groups is 1. The van der Waals surface area contributed by atoms with Gasteiger partial charge in [0.05, 0.1) is 12.6 Å². The fourth-order valence-corrected chi connectivity index (χ4v) is 1.32. The van der Waals surface area contributed by atoms with E-state index in [0.29, 0.717) is 4.31 Å². The predicted molar refractivity (Wildman–Crippen MR) is 55.4 cm³/mol. The highest BCUT2D eigenvalue weighted by Gasteiger charge is 2.29. The van der Waals surface area contributed by atoms with Crippen LogP contribution in [0.15, 0.2) is 0 Å². The zero-order valence-corrected chi connectivity index (χ0v) is 10.1. The normalized spacial score (nSPS) is 15.6. The molecule has 0 aromatic rings. The van der Waals surface area contributed by atoms with E-state index in [4.69, 9.17) is 14.4 Å². The molecule has 0 aromatic carbocycles. The molecule has 0 aliphatic rings. The smallest absolute Gasteiger partial charge is 0.424 e. The molecule has 0 fully saturated rings. The molecule has 7 heteroatoms. The molecule has 0 spiro atoms. The Morgan fingerprint density at radius 2 is 2.00 bits per heavy atom. The number of hydrogen-bond donors (Lipinski definition) is 2. The van der Waals surface area contributed by atoms with Crippen molar-refractivity contribution in [1.29, 1.82) is 0 Å². The fourth-order valence-electron chi connectivity index (χ4n) is 0.779. The van der Waals surface area contributed by atoms with E-state index >= 15 is 0 Å². The Hall–Kier alpha value is -0.660. The van der Waals surface area contributed by atoms with E-state index in [1.807, 2.05) is 0 Å². The van der Waals surface area contributed by atoms with Crippen molar-refractivity contribution >= 4 is 17.4 Å². The lowest BCUT2D eigenvalue weighted by molar-refractivity contribution is 0.0306. The van der Waals surface area contributed by atoms with Gasteiger partial charge in [0.25, 0.3) is 11.3 Å². The Morgan fingerprint density at radius 1 is 1.53 bits per heavy atom. The summed E-state index contributed by atoms with van der Waals surface area (Å²) in [7, 11) is 0. The third-order valence-corrected chi connectivity index (χ3v) is 2.25. The van der Waals surface area contributed by atoms with E-state index < -0.39 is 35.6 Å². The van der Waals surface area contributed by atoms with Crippen LogP contribution >= 0.6 is 0 Å². The Labute approximate surface area is 91.6 Å². The van der Waals surface area contributed by atoms with Crippen LogP contribution in [0.4, 0.5) is 4.79 Å². The topological polar surface area (TPSA) is 87.1 Å². The maximum atomic E-state index is 11.4. The van der Waals surface area contributed by atoms with Gasteiger partial charge in [-0.3, -0.25) is 4.55 Å². The molecule has 0 heterocycles. The van der Waals surface area contributed by atoms with Gasteiger partial charge in [0, 0.05) is 0 Å². The van der Waals surface area contributed by atoms with Crippen LogP contribution in [0, 0.1) is 0 Å². The van der Waals surface area contributed by atoms with Gasteiger partial charge in [-0.25, -0.2) is 9.00 Å². The summed E-state index contributed by atoms with van der Waals surface area (Å²) in [6.07, 6.45) is -0.926. The number of amides is 1. The number of rotatable bonds is 3. The first-order valence-corrected chi connectivity index (χ1v) is 5.49. The minimum atomic E-state index is -2.50. The van der Waals surface area contributed by atoms with E-state index in [1.54, 1.807) is 20.8 Å². The number of hydrogen-bond acceptors (Lipinski definition) is 4. The van der Waals surface area contributed by atoms with Crippen molar-refractivity contribution in [2.24, 2.45) is 0 Å². The Bertz CT molecular complexity index is 250. The first kappa shape index (κ1) is 14.3. The molecule has 0 radical (unpaired) electrons. The van der Waals surface area contributed by atoms with Crippen LogP contribution in [0.5, 0.6) is 0 Å². The summed E-state index contributed by atoms with van der Waals surface area (Å²) in [5.74, 6) is 0. The fraction of sp³-hybridized carbons (Fsp3) is 0.875. The molecule has 0 saturated carbocycles. The zero-order chi connectivity index (χ0) is 12.2. The summed E-state index contributed by atoms with van der Waals surface area (Å²) in [5, 5.41) is 8.81. The summed E-state index contributed by atoms with van der Waals surface area (Å²) in [5.41, 5.74) is -0.746. The lowest BCUT2D eigenvalue weighted by atomic mass is 10.2. The van der Waals surface area contributed by atoms with Crippen molar-refractivity contribution in [3.05, 3.63) is 0 Å². The van der Waals surface area contributed by atoms with Crippen molar-refractivity contribution in [1.82, 2.24) is 4.31 Å². The molecule has 0 aliphatic carbocycles. The van der Waals surface area contributed by atoms with Gasteiger partial charge in [0.1, 0.15) is 5.60 Å². The van der Waals surface area contributed by atoms with Gasteiger partial charge < -0.3 is 9.84 Å². The van der Waals surface area contributed by atoms with E-state index in [2.05, 4.69) is 0 Å². The number of aliphatic hydroxyl groups is 1.